The molecule has 1 N–H and O–H groups in total. The molecule has 3 rings (SSSR count). The van der Waals surface area contributed by atoms with Crippen molar-refractivity contribution in [3.8, 4) is 5.69 Å². The smallest absolute Gasteiger partial charge is 0.274 e. The second kappa shape index (κ2) is 5.46. The van der Waals surface area contributed by atoms with Gasteiger partial charge in [-0.25, -0.2) is 4.68 Å². The first kappa shape index (κ1) is 12.9. The van der Waals surface area contributed by atoms with Gasteiger partial charge in [-0.1, -0.05) is 18.2 Å². The predicted octanol–water partition coefficient (Wildman–Crippen LogP) is 1.47. The van der Waals surface area contributed by atoms with Gasteiger partial charge in [-0.3, -0.25) is 4.79 Å². The molecule has 20 heavy (non-hydrogen) atoms. The van der Waals surface area contributed by atoms with Gasteiger partial charge >= 0.3 is 0 Å². The summed E-state index contributed by atoms with van der Waals surface area (Å²) >= 11 is 0. The quantitative estimate of drug-likeness (QED) is 0.896. The Kier molecular flexibility index (Phi) is 3.52. The van der Waals surface area contributed by atoms with Crippen molar-refractivity contribution < 1.29 is 9.90 Å². The molecule has 1 heterocycles. The maximum absolute atomic E-state index is 12.4. The van der Waals surface area contributed by atoms with E-state index in [2.05, 4.69) is 5.10 Å². The number of aliphatic hydroxyl groups is 1. The molecule has 1 fully saturated rings. The molecule has 104 valence electrons. The molecule has 0 unspecified atom stereocenters. The molecule has 1 aromatic heterocycles. The molecular weight excluding hydrogens is 254 g/mol. The molecule has 0 spiro atoms. The Morgan fingerprint density at radius 1 is 1.30 bits per heavy atom. The van der Waals surface area contributed by atoms with Crippen molar-refractivity contribution in [3.05, 3.63) is 48.3 Å². The van der Waals surface area contributed by atoms with Crippen LogP contribution in [0.2, 0.25) is 0 Å². The maximum Gasteiger partial charge on any atom is 0.274 e. The summed E-state index contributed by atoms with van der Waals surface area (Å²) in [4.78, 5) is 14.1. The van der Waals surface area contributed by atoms with Gasteiger partial charge in [-0.2, -0.15) is 5.10 Å². The summed E-state index contributed by atoms with van der Waals surface area (Å²) in [5.74, 6) is -0.101. The SMILES string of the molecule is O=C(c1ccn(-c2ccccc2)n1)N(CCO)C1CC1. The number of para-hydroxylation sites is 1. The minimum Gasteiger partial charge on any atom is -0.395 e. The predicted molar refractivity (Wildman–Crippen MR) is 74.7 cm³/mol. The minimum atomic E-state index is -0.101. The molecule has 1 saturated carbocycles. The van der Waals surface area contributed by atoms with Crippen LogP contribution in [0.15, 0.2) is 42.6 Å². The fourth-order valence-electron chi connectivity index (χ4n) is 2.25. The second-order valence-corrected chi connectivity index (χ2v) is 4.93. The highest BCUT2D eigenvalue weighted by molar-refractivity contribution is 5.92. The summed E-state index contributed by atoms with van der Waals surface area (Å²) in [5.41, 5.74) is 1.35. The largest absolute Gasteiger partial charge is 0.395 e. The van der Waals surface area contributed by atoms with Crippen molar-refractivity contribution in [2.45, 2.75) is 18.9 Å². The van der Waals surface area contributed by atoms with E-state index in [1.807, 2.05) is 30.3 Å². The van der Waals surface area contributed by atoms with Crippen molar-refractivity contribution >= 4 is 5.91 Å². The van der Waals surface area contributed by atoms with E-state index in [-0.39, 0.29) is 18.6 Å². The van der Waals surface area contributed by atoms with Crippen molar-refractivity contribution in [2.24, 2.45) is 0 Å². The Morgan fingerprint density at radius 3 is 2.70 bits per heavy atom. The van der Waals surface area contributed by atoms with E-state index in [9.17, 15) is 4.79 Å². The number of aliphatic hydroxyl groups excluding tert-OH is 1. The van der Waals surface area contributed by atoms with E-state index < -0.39 is 0 Å². The van der Waals surface area contributed by atoms with Crippen LogP contribution in [-0.4, -0.2) is 44.9 Å². The maximum atomic E-state index is 12.4. The van der Waals surface area contributed by atoms with Crippen LogP contribution in [0, 0.1) is 0 Å². The zero-order valence-electron chi connectivity index (χ0n) is 11.1. The summed E-state index contributed by atoms with van der Waals surface area (Å²) in [5, 5.41) is 13.4. The summed E-state index contributed by atoms with van der Waals surface area (Å²) in [6, 6.07) is 11.7. The van der Waals surface area contributed by atoms with E-state index >= 15 is 0 Å². The number of nitrogens with zero attached hydrogens (tertiary/aromatic N) is 3. The molecule has 0 bridgehead atoms. The molecule has 5 heteroatoms. The van der Waals surface area contributed by atoms with Crippen molar-refractivity contribution in [1.82, 2.24) is 14.7 Å². The molecule has 1 aromatic carbocycles. The Morgan fingerprint density at radius 2 is 2.05 bits per heavy atom. The number of rotatable bonds is 5. The van der Waals surface area contributed by atoms with Crippen molar-refractivity contribution in [3.63, 3.8) is 0 Å². The summed E-state index contributed by atoms with van der Waals surface area (Å²) in [7, 11) is 0. The van der Waals surface area contributed by atoms with E-state index in [1.165, 1.54) is 0 Å². The van der Waals surface area contributed by atoms with Crippen LogP contribution < -0.4 is 0 Å². The van der Waals surface area contributed by atoms with Crippen LogP contribution in [0.1, 0.15) is 23.3 Å². The normalized spacial score (nSPS) is 14.2. The van der Waals surface area contributed by atoms with Gasteiger partial charge in [-0.15, -0.1) is 0 Å². The lowest BCUT2D eigenvalue weighted by Gasteiger charge is -2.19. The molecule has 0 atom stereocenters. The highest BCUT2D eigenvalue weighted by Crippen LogP contribution is 2.27. The fraction of sp³-hybridized carbons (Fsp3) is 0.333. The first-order valence-electron chi connectivity index (χ1n) is 6.82. The minimum absolute atomic E-state index is 0.0123. The number of benzene rings is 1. The van der Waals surface area contributed by atoms with E-state index in [0.29, 0.717) is 12.2 Å². The lowest BCUT2D eigenvalue weighted by molar-refractivity contribution is 0.0701. The monoisotopic (exact) mass is 271 g/mol. The van der Waals surface area contributed by atoms with Gasteiger partial charge in [0.25, 0.3) is 5.91 Å². The molecule has 0 saturated heterocycles. The topological polar surface area (TPSA) is 58.4 Å². The standard InChI is InChI=1S/C15H17N3O2/c19-11-10-17(12-6-7-12)15(20)14-8-9-18(16-14)13-4-2-1-3-5-13/h1-5,8-9,12,19H,6-7,10-11H2. The van der Waals surface area contributed by atoms with Crippen LogP contribution in [-0.2, 0) is 0 Å². The first-order chi connectivity index (χ1) is 9.79. The Labute approximate surface area is 117 Å². The van der Waals surface area contributed by atoms with Gasteiger partial charge in [-0.05, 0) is 31.0 Å². The van der Waals surface area contributed by atoms with Crippen molar-refractivity contribution in [2.75, 3.05) is 13.2 Å². The van der Waals surface area contributed by atoms with Crippen LogP contribution in [0.5, 0.6) is 0 Å². The van der Waals surface area contributed by atoms with Gasteiger partial charge < -0.3 is 10.0 Å². The second-order valence-electron chi connectivity index (χ2n) is 4.93. The number of hydrogen-bond acceptors (Lipinski definition) is 3. The highest BCUT2D eigenvalue weighted by atomic mass is 16.3. The molecule has 1 aliphatic rings. The first-order valence-corrected chi connectivity index (χ1v) is 6.82. The lowest BCUT2D eigenvalue weighted by Crippen LogP contribution is -2.35. The highest BCUT2D eigenvalue weighted by Gasteiger charge is 2.33. The number of amides is 1. The van der Waals surface area contributed by atoms with E-state index in [1.54, 1.807) is 21.8 Å². The van der Waals surface area contributed by atoms with Gasteiger partial charge in [0, 0.05) is 18.8 Å². The third kappa shape index (κ3) is 2.58. The molecule has 0 aliphatic heterocycles. The molecule has 1 aliphatic carbocycles. The average molecular weight is 271 g/mol. The lowest BCUT2D eigenvalue weighted by atomic mass is 10.3. The van der Waals surface area contributed by atoms with Crippen LogP contribution in [0.25, 0.3) is 5.69 Å². The zero-order valence-corrected chi connectivity index (χ0v) is 11.1. The van der Waals surface area contributed by atoms with Crippen LogP contribution in [0.4, 0.5) is 0 Å². The number of aromatic nitrogens is 2. The van der Waals surface area contributed by atoms with E-state index in [0.717, 1.165) is 18.5 Å². The average Bonchev–Trinajstić information content (AvgIpc) is 3.21. The molecule has 1 amide bonds. The van der Waals surface area contributed by atoms with Crippen molar-refractivity contribution in [1.29, 1.82) is 0 Å². The zero-order chi connectivity index (χ0) is 13.9. The Balaban J connectivity index is 1.80. The van der Waals surface area contributed by atoms with Gasteiger partial charge in [0.1, 0.15) is 0 Å². The number of hydrogen-bond donors (Lipinski definition) is 1. The van der Waals surface area contributed by atoms with Gasteiger partial charge in [0.05, 0.1) is 12.3 Å². The van der Waals surface area contributed by atoms with Crippen LogP contribution >= 0.6 is 0 Å². The molecular formula is C15H17N3O2. The Bertz CT molecular complexity index is 590. The summed E-state index contributed by atoms with van der Waals surface area (Å²) < 4.78 is 1.69. The van der Waals surface area contributed by atoms with E-state index in [4.69, 9.17) is 5.11 Å². The molecule has 5 nitrogen and oxygen atoms in total. The Hall–Kier alpha value is -2.14. The third-order valence-corrected chi connectivity index (χ3v) is 3.42. The molecule has 2 aromatic rings. The number of carbonyl (C=O) groups is 1. The van der Waals surface area contributed by atoms with Gasteiger partial charge in [0.15, 0.2) is 5.69 Å². The fourth-order valence-corrected chi connectivity index (χ4v) is 2.25. The molecule has 0 radical (unpaired) electrons. The summed E-state index contributed by atoms with van der Waals surface area (Å²) in [6.07, 6.45) is 3.82. The summed E-state index contributed by atoms with van der Waals surface area (Å²) in [6.45, 7) is 0.364. The third-order valence-electron chi connectivity index (χ3n) is 3.42. The van der Waals surface area contributed by atoms with Crippen LogP contribution in [0.3, 0.4) is 0 Å². The van der Waals surface area contributed by atoms with Gasteiger partial charge in [0.2, 0.25) is 0 Å². The number of carbonyl (C=O) groups excluding carboxylic acids is 1.